The van der Waals surface area contributed by atoms with E-state index < -0.39 is 0 Å². The standard InChI is InChI=1S/C24H31N3O3/c1-16-15-27(24(28)25-23-17(2)18(3)26-30-23)11-9-21(16)13-20-5-4-6-22(14-20)29-12-10-19-7-8-19/h4-6,13-14,16,19H,7-12,15H2,1-3H3,(H,25,28). The molecular weight excluding hydrogens is 378 g/mol. The minimum atomic E-state index is -0.133. The van der Waals surface area contributed by atoms with Crippen LogP contribution in [0.2, 0.25) is 0 Å². The molecule has 0 spiro atoms. The van der Waals surface area contributed by atoms with E-state index in [1.165, 1.54) is 18.4 Å². The maximum absolute atomic E-state index is 12.6. The van der Waals surface area contributed by atoms with Crippen LogP contribution in [-0.4, -0.2) is 35.8 Å². The molecule has 160 valence electrons. The molecule has 0 bridgehead atoms. The number of anilines is 1. The predicted octanol–water partition coefficient (Wildman–Crippen LogP) is 5.43. The molecule has 1 aliphatic heterocycles. The summed E-state index contributed by atoms with van der Waals surface area (Å²) < 4.78 is 11.1. The summed E-state index contributed by atoms with van der Waals surface area (Å²) in [6, 6.07) is 8.17. The van der Waals surface area contributed by atoms with E-state index in [9.17, 15) is 4.79 Å². The molecule has 1 atom stereocenters. The second-order valence-corrected chi connectivity index (χ2v) is 8.62. The number of urea groups is 1. The zero-order valence-electron chi connectivity index (χ0n) is 18.1. The summed E-state index contributed by atoms with van der Waals surface area (Å²) in [4.78, 5) is 14.5. The van der Waals surface area contributed by atoms with Gasteiger partial charge in [0.25, 0.3) is 0 Å². The Morgan fingerprint density at radius 1 is 1.37 bits per heavy atom. The van der Waals surface area contributed by atoms with Crippen molar-refractivity contribution in [2.45, 2.75) is 46.5 Å². The van der Waals surface area contributed by atoms with Crippen molar-refractivity contribution in [3.8, 4) is 5.75 Å². The Bertz CT molecular complexity index is 930. The maximum atomic E-state index is 12.6. The predicted molar refractivity (Wildman–Crippen MR) is 118 cm³/mol. The van der Waals surface area contributed by atoms with E-state index >= 15 is 0 Å². The van der Waals surface area contributed by atoms with Crippen molar-refractivity contribution in [2.75, 3.05) is 25.0 Å². The van der Waals surface area contributed by atoms with Gasteiger partial charge in [-0.25, -0.2) is 4.79 Å². The molecule has 6 nitrogen and oxygen atoms in total. The van der Waals surface area contributed by atoms with E-state index in [1.54, 1.807) is 0 Å². The molecule has 2 amide bonds. The molecule has 1 aromatic carbocycles. The number of amides is 2. The number of carbonyl (C=O) groups is 1. The fourth-order valence-corrected chi connectivity index (χ4v) is 3.81. The number of hydrogen-bond donors (Lipinski definition) is 1. The van der Waals surface area contributed by atoms with Crippen LogP contribution in [0.15, 0.2) is 34.4 Å². The molecule has 1 N–H and O–H groups in total. The zero-order chi connectivity index (χ0) is 21.1. The summed E-state index contributed by atoms with van der Waals surface area (Å²) in [6.07, 6.45) is 6.99. The largest absolute Gasteiger partial charge is 0.494 e. The van der Waals surface area contributed by atoms with Gasteiger partial charge in [-0.05, 0) is 56.2 Å². The summed E-state index contributed by atoms with van der Waals surface area (Å²) in [5.74, 6) is 2.55. The summed E-state index contributed by atoms with van der Waals surface area (Å²) in [5.41, 5.74) is 4.18. The first-order chi connectivity index (χ1) is 14.5. The van der Waals surface area contributed by atoms with Crippen LogP contribution in [0, 0.1) is 25.7 Å². The highest BCUT2D eigenvalue weighted by Gasteiger charge is 2.26. The number of nitrogens with one attached hydrogen (secondary N) is 1. The van der Waals surface area contributed by atoms with Crippen molar-refractivity contribution >= 4 is 18.0 Å². The number of rotatable bonds is 6. The van der Waals surface area contributed by atoms with Gasteiger partial charge in [0.05, 0.1) is 12.3 Å². The Morgan fingerprint density at radius 3 is 2.90 bits per heavy atom. The van der Waals surface area contributed by atoms with Gasteiger partial charge in [0.2, 0.25) is 5.88 Å². The second kappa shape index (κ2) is 8.94. The van der Waals surface area contributed by atoms with Gasteiger partial charge in [-0.1, -0.05) is 48.7 Å². The lowest BCUT2D eigenvalue weighted by molar-refractivity contribution is 0.197. The van der Waals surface area contributed by atoms with E-state index in [4.69, 9.17) is 9.26 Å². The van der Waals surface area contributed by atoms with Crippen molar-refractivity contribution in [1.82, 2.24) is 10.1 Å². The third-order valence-electron chi connectivity index (χ3n) is 6.16. The van der Waals surface area contributed by atoms with Crippen molar-refractivity contribution in [3.63, 3.8) is 0 Å². The normalized spacial score (nSPS) is 20.4. The molecule has 30 heavy (non-hydrogen) atoms. The van der Waals surface area contributed by atoms with E-state index in [0.717, 1.165) is 47.9 Å². The minimum Gasteiger partial charge on any atom is -0.494 e. The lowest BCUT2D eigenvalue weighted by Gasteiger charge is -2.33. The monoisotopic (exact) mass is 409 g/mol. The third-order valence-corrected chi connectivity index (χ3v) is 6.16. The highest BCUT2D eigenvalue weighted by Crippen LogP contribution is 2.32. The maximum Gasteiger partial charge on any atom is 0.324 e. The van der Waals surface area contributed by atoms with Gasteiger partial charge >= 0.3 is 6.03 Å². The highest BCUT2D eigenvalue weighted by molar-refractivity contribution is 5.88. The van der Waals surface area contributed by atoms with E-state index in [-0.39, 0.29) is 6.03 Å². The fraction of sp³-hybridized carbons (Fsp3) is 0.500. The molecule has 4 rings (SSSR count). The first kappa shape index (κ1) is 20.5. The number of aryl methyl sites for hydroxylation is 1. The van der Waals surface area contributed by atoms with Gasteiger partial charge in [-0.15, -0.1) is 0 Å². The van der Waals surface area contributed by atoms with Gasteiger partial charge in [-0.3, -0.25) is 5.32 Å². The summed E-state index contributed by atoms with van der Waals surface area (Å²) in [5, 5.41) is 6.74. The zero-order valence-corrected chi connectivity index (χ0v) is 18.1. The van der Waals surface area contributed by atoms with Crippen molar-refractivity contribution in [1.29, 1.82) is 0 Å². The highest BCUT2D eigenvalue weighted by atomic mass is 16.5. The molecule has 1 aliphatic carbocycles. The molecule has 2 heterocycles. The number of aromatic nitrogens is 1. The minimum absolute atomic E-state index is 0.133. The number of carbonyl (C=O) groups excluding carboxylic acids is 1. The van der Waals surface area contributed by atoms with Gasteiger partial charge in [0.15, 0.2) is 0 Å². The molecule has 1 saturated heterocycles. The third kappa shape index (κ3) is 5.04. The average molecular weight is 410 g/mol. The van der Waals surface area contributed by atoms with Crippen LogP contribution in [-0.2, 0) is 0 Å². The molecular formula is C24H31N3O3. The molecule has 2 fully saturated rings. The first-order valence-electron chi connectivity index (χ1n) is 10.9. The number of ether oxygens (including phenoxy) is 1. The smallest absolute Gasteiger partial charge is 0.324 e. The quantitative estimate of drug-likeness (QED) is 0.691. The lowest BCUT2D eigenvalue weighted by Crippen LogP contribution is -2.42. The van der Waals surface area contributed by atoms with Crippen LogP contribution in [0.1, 0.15) is 49.4 Å². The molecule has 1 saturated carbocycles. The number of nitrogens with zero attached hydrogens (tertiary/aromatic N) is 2. The van der Waals surface area contributed by atoms with Crippen LogP contribution >= 0.6 is 0 Å². The van der Waals surface area contributed by atoms with Gasteiger partial charge < -0.3 is 14.2 Å². The van der Waals surface area contributed by atoms with Crippen molar-refractivity contribution in [2.24, 2.45) is 11.8 Å². The Labute approximate surface area is 178 Å². The van der Waals surface area contributed by atoms with Gasteiger partial charge in [-0.2, -0.15) is 0 Å². The lowest BCUT2D eigenvalue weighted by atomic mass is 9.91. The van der Waals surface area contributed by atoms with E-state index in [0.29, 0.717) is 24.9 Å². The summed E-state index contributed by atoms with van der Waals surface area (Å²) in [6.45, 7) is 8.10. The fourth-order valence-electron chi connectivity index (χ4n) is 3.81. The summed E-state index contributed by atoms with van der Waals surface area (Å²) >= 11 is 0. The van der Waals surface area contributed by atoms with Crippen LogP contribution in [0.5, 0.6) is 5.75 Å². The number of hydrogen-bond acceptors (Lipinski definition) is 4. The molecule has 0 radical (unpaired) electrons. The second-order valence-electron chi connectivity index (χ2n) is 8.62. The number of benzene rings is 1. The van der Waals surface area contributed by atoms with Crippen LogP contribution in [0.4, 0.5) is 10.7 Å². The average Bonchev–Trinajstić information content (AvgIpc) is 3.51. The first-order valence-corrected chi connectivity index (χ1v) is 10.9. The Balaban J connectivity index is 1.33. The number of piperidine rings is 1. The Morgan fingerprint density at radius 2 is 2.20 bits per heavy atom. The van der Waals surface area contributed by atoms with E-state index in [1.807, 2.05) is 30.9 Å². The van der Waals surface area contributed by atoms with Gasteiger partial charge in [0, 0.05) is 18.7 Å². The van der Waals surface area contributed by atoms with Crippen LogP contribution in [0.25, 0.3) is 6.08 Å². The van der Waals surface area contributed by atoms with Crippen LogP contribution in [0.3, 0.4) is 0 Å². The topological polar surface area (TPSA) is 67.6 Å². The Hall–Kier alpha value is -2.76. The summed E-state index contributed by atoms with van der Waals surface area (Å²) in [7, 11) is 0. The van der Waals surface area contributed by atoms with E-state index in [2.05, 4.69) is 35.6 Å². The number of likely N-dealkylation sites (tertiary alicyclic amines) is 1. The van der Waals surface area contributed by atoms with Gasteiger partial charge in [0.1, 0.15) is 5.75 Å². The van der Waals surface area contributed by atoms with Crippen molar-refractivity contribution < 1.29 is 14.1 Å². The van der Waals surface area contributed by atoms with Crippen LogP contribution < -0.4 is 10.1 Å². The molecule has 6 heteroatoms. The SMILES string of the molecule is Cc1noc(NC(=O)N2CCC(=Cc3cccc(OCCC4CC4)c3)C(C)C2)c1C. The van der Waals surface area contributed by atoms with Crippen molar-refractivity contribution in [3.05, 3.63) is 46.7 Å². The molecule has 2 aromatic rings. The molecule has 2 aliphatic rings. The molecule has 1 aromatic heterocycles. The Kier molecular flexibility index (Phi) is 6.11. The molecule has 1 unspecified atom stereocenters.